The molecule has 1 aromatic carbocycles. The highest BCUT2D eigenvalue weighted by molar-refractivity contribution is 5.35. The average Bonchev–Trinajstić information content (AvgIpc) is 2.37. The van der Waals surface area contributed by atoms with Crippen LogP contribution in [0.5, 0.6) is 0 Å². The minimum Gasteiger partial charge on any atom is -0.378 e. The van der Waals surface area contributed by atoms with E-state index in [2.05, 4.69) is 37.4 Å². The van der Waals surface area contributed by atoms with Crippen LogP contribution in [-0.4, -0.2) is 18.8 Å². The number of benzene rings is 1. The van der Waals surface area contributed by atoms with Crippen molar-refractivity contribution >= 4 is 0 Å². The zero-order valence-corrected chi connectivity index (χ0v) is 11.5. The quantitative estimate of drug-likeness (QED) is 0.821. The topological polar surface area (TPSA) is 21.3 Å². The molecule has 1 unspecified atom stereocenters. The lowest BCUT2D eigenvalue weighted by Gasteiger charge is -2.37. The molecule has 1 fully saturated rings. The van der Waals surface area contributed by atoms with E-state index in [9.17, 15) is 0 Å². The fourth-order valence-corrected chi connectivity index (χ4v) is 3.14. The van der Waals surface area contributed by atoms with Crippen molar-refractivity contribution in [2.75, 3.05) is 13.2 Å². The van der Waals surface area contributed by atoms with Crippen LogP contribution in [0.1, 0.15) is 49.4 Å². The Hall–Kier alpha value is -0.860. The number of morpholine rings is 1. The van der Waals surface area contributed by atoms with Gasteiger partial charge in [-0.25, -0.2) is 0 Å². The lowest BCUT2D eigenvalue weighted by atomic mass is 9.88. The van der Waals surface area contributed by atoms with E-state index in [-0.39, 0.29) is 5.54 Å². The van der Waals surface area contributed by atoms with E-state index in [1.54, 1.807) is 11.1 Å². The summed E-state index contributed by atoms with van der Waals surface area (Å²) >= 11 is 0. The standard InChI is InChI=1S/C16H23NO/c1-16(2)11-18-10-15(17-16)14-8-7-12-5-3-4-6-13(12)9-14/h7-9,15,17H,3-6,10-11H2,1-2H3. The normalized spacial score (nSPS) is 26.7. The van der Waals surface area contributed by atoms with Crippen LogP contribution in [0, 0.1) is 0 Å². The van der Waals surface area contributed by atoms with Gasteiger partial charge in [-0.15, -0.1) is 0 Å². The third kappa shape index (κ3) is 2.45. The molecule has 0 spiro atoms. The first-order chi connectivity index (χ1) is 8.64. The Bertz CT molecular complexity index is 439. The average molecular weight is 245 g/mol. The van der Waals surface area contributed by atoms with Crippen molar-refractivity contribution in [3.05, 3.63) is 34.9 Å². The number of nitrogens with one attached hydrogen (secondary N) is 1. The fraction of sp³-hybridized carbons (Fsp3) is 0.625. The van der Waals surface area contributed by atoms with Gasteiger partial charge in [0.1, 0.15) is 0 Å². The van der Waals surface area contributed by atoms with Gasteiger partial charge in [-0.3, -0.25) is 0 Å². The van der Waals surface area contributed by atoms with Crippen LogP contribution >= 0.6 is 0 Å². The summed E-state index contributed by atoms with van der Waals surface area (Å²) in [5.41, 5.74) is 4.59. The largest absolute Gasteiger partial charge is 0.378 e. The zero-order valence-electron chi connectivity index (χ0n) is 11.5. The predicted molar refractivity (Wildman–Crippen MR) is 73.9 cm³/mol. The van der Waals surface area contributed by atoms with Gasteiger partial charge in [0, 0.05) is 5.54 Å². The second kappa shape index (κ2) is 4.67. The summed E-state index contributed by atoms with van der Waals surface area (Å²) in [6.45, 7) is 6.01. The Morgan fingerprint density at radius 1 is 1.17 bits per heavy atom. The highest BCUT2D eigenvalue weighted by atomic mass is 16.5. The molecule has 1 atom stereocenters. The van der Waals surface area contributed by atoms with Crippen LogP contribution in [0.2, 0.25) is 0 Å². The van der Waals surface area contributed by atoms with Gasteiger partial charge in [-0.05, 0) is 56.2 Å². The molecule has 1 N–H and O–H groups in total. The van der Waals surface area contributed by atoms with E-state index in [1.165, 1.54) is 31.2 Å². The molecule has 0 saturated carbocycles. The second-order valence-corrected chi connectivity index (χ2v) is 6.33. The lowest BCUT2D eigenvalue weighted by Crippen LogP contribution is -2.51. The van der Waals surface area contributed by atoms with Gasteiger partial charge >= 0.3 is 0 Å². The third-order valence-corrected chi connectivity index (χ3v) is 4.09. The molecule has 3 rings (SSSR count). The minimum absolute atomic E-state index is 0.0822. The van der Waals surface area contributed by atoms with Crippen molar-refractivity contribution in [1.29, 1.82) is 0 Å². The van der Waals surface area contributed by atoms with Crippen LogP contribution < -0.4 is 5.32 Å². The first-order valence-electron chi connectivity index (χ1n) is 7.11. The molecule has 1 saturated heterocycles. The zero-order chi connectivity index (χ0) is 12.6. The molecule has 98 valence electrons. The molecule has 1 aromatic rings. The van der Waals surface area contributed by atoms with E-state index in [4.69, 9.17) is 4.74 Å². The van der Waals surface area contributed by atoms with Crippen molar-refractivity contribution in [3.8, 4) is 0 Å². The number of fused-ring (bicyclic) bond motifs is 1. The summed E-state index contributed by atoms with van der Waals surface area (Å²) in [6, 6.07) is 7.36. The minimum atomic E-state index is 0.0822. The first-order valence-corrected chi connectivity index (χ1v) is 7.11. The van der Waals surface area contributed by atoms with Crippen molar-refractivity contribution < 1.29 is 4.74 Å². The Morgan fingerprint density at radius 2 is 1.94 bits per heavy atom. The van der Waals surface area contributed by atoms with Crippen LogP contribution in [0.4, 0.5) is 0 Å². The van der Waals surface area contributed by atoms with Crippen LogP contribution in [0.15, 0.2) is 18.2 Å². The van der Waals surface area contributed by atoms with Gasteiger partial charge in [0.15, 0.2) is 0 Å². The first kappa shape index (κ1) is 12.2. The number of hydrogen-bond acceptors (Lipinski definition) is 2. The summed E-state index contributed by atoms with van der Waals surface area (Å²) in [5, 5.41) is 3.69. The molecule has 0 aromatic heterocycles. The maximum absolute atomic E-state index is 5.73. The predicted octanol–water partition coefficient (Wildman–Crippen LogP) is 3.00. The molecule has 0 amide bonds. The summed E-state index contributed by atoms with van der Waals surface area (Å²) in [6.07, 6.45) is 5.20. The summed E-state index contributed by atoms with van der Waals surface area (Å²) in [7, 11) is 0. The van der Waals surface area contributed by atoms with Crippen LogP contribution in [0.3, 0.4) is 0 Å². The molecular weight excluding hydrogens is 222 g/mol. The van der Waals surface area contributed by atoms with Crippen molar-refractivity contribution in [2.45, 2.75) is 51.1 Å². The second-order valence-electron chi connectivity index (χ2n) is 6.33. The van der Waals surface area contributed by atoms with Crippen molar-refractivity contribution in [3.63, 3.8) is 0 Å². The van der Waals surface area contributed by atoms with E-state index in [1.807, 2.05) is 0 Å². The molecule has 1 aliphatic heterocycles. The number of hydrogen-bond donors (Lipinski definition) is 1. The number of rotatable bonds is 1. The highest BCUT2D eigenvalue weighted by Gasteiger charge is 2.28. The molecule has 2 aliphatic rings. The van der Waals surface area contributed by atoms with Gasteiger partial charge in [0.2, 0.25) is 0 Å². The van der Waals surface area contributed by atoms with Gasteiger partial charge in [0.05, 0.1) is 19.3 Å². The molecule has 0 bridgehead atoms. The Morgan fingerprint density at radius 3 is 2.72 bits per heavy atom. The number of aryl methyl sites for hydroxylation is 2. The molecule has 1 heterocycles. The van der Waals surface area contributed by atoms with Gasteiger partial charge in [-0.2, -0.15) is 0 Å². The van der Waals surface area contributed by atoms with Crippen LogP contribution in [-0.2, 0) is 17.6 Å². The van der Waals surface area contributed by atoms with E-state index >= 15 is 0 Å². The Balaban J connectivity index is 1.83. The monoisotopic (exact) mass is 245 g/mol. The highest BCUT2D eigenvalue weighted by Crippen LogP contribution is 2.27. The Kier molecular flexibility index (Phi) is 3.16. The molecule has 0 radical (unpaired) electrons. The van der Waals surface area contributed by atoms with Crippen molar-refractivity contribution in [2.24, 2.45) is 0 Å². The summed E-state index contributed by atoms with van der Waals surface area (Å²) < 4.78 is 5.73. The molecular formula is C16H23NO. The SMILES string of the molecule is CC1(C)COCC(c2ccc3c(c2)CCCC3)N1. The van der Waals surface area contributed by atoms with Gasteiger partial charge in [-0.1, -0.05) is 18.2 Å². The van der Waals surface area contributed by atoms with E-state index in [0.717, 1.165) is 13.2 Å². The number of ether oxygens (including phenoxy) is 1. The maximum Gasteiger partial charge on any atom is 0.0662 e. The lowest BCUT2D eigenvalue weighted by molar-refractivity contribution is 0.0127. The molecule has 2 nitrogen and oxygen atoms in total. The van der Waals surface area contributed by atoms with Gasteiger partial charge < -0.3 is 10.1 Å². The van der Waals surface area contributed by atoms with E-state index < -0.39 is 0 Å². The summed E-state index contributed by atoms with van der Waals surface area (Å²) in [5.74, 6) is 0. The summed E-state index contributed by atoms with van der Waals surface area (Å²) in [4.78, 5) is 0. The molecule has 18 heavy (non-hydrogen) atoms. The van der Waals surface area contributed by atoms with Crippen molar-refractivity contribution in [1.82, 2.24) is 5.32 Å². The molecule has 1 aliphatic carbocycles. The third-order valence-electron chi connectivity index (χ3n) is 4.09. The molecule has 2 heteroatoms. The Labute approximate surface area is 110 Å². The smallest absolute Gasteiger partial charge is 0.0662 e. The fourth-order valence-electron chi connectivity index (χ4n) is 3.14. The van der Waals surface area contributed by atoms with Gasteiger partial charge in [0.25, 0.3) is 0 Å². The van der Waals surface area contributed by atoms with E-state index in [0.29, 0.717) is 6.04 Å². The maximum atomic E-state index is 5.73. The van der Waals surface area contributed by atoms with Crippen LogP contribution in [0.25, 0.3) is 0 Å².